The first-order valence-corrected chi connectivity index (χ1v) is 5.13. The fourth-order valence-corrected chi connectivity index (χ4v) is 1.27. The zero-order valence-electron chi connectivity index (χ0n) is 9.60. The van der Waals surface area contributed by atoms with Crippen LogP contribution in [-0.2, 0) is 4.79 Å². The third-order valence-corrected chi connectivity index (χ3v) is 2.05. The minimum atomic E-state index is -0.957. The number of carbonyl (C=O) groups is 2. The van der Waals surface area contributed by atoms with Gasteiger partial charge in [-0.25, -0.2) is 9.78 Å². The molecule has 0 aliphatic carbocycles. The number of aromatic amines is 1. The van der Waals surface area contributed by atoms with Crippen molar-refractivity contribution in [2.75, 3.05) is 0 Å². The van der Waals surface area contributed by atoms with Gasteiger partial charge in [0, 0.05) is 6.04 Å². The average Bonchev–Trinajstić information content (AvgIpc) is 2.67. The molecule has 0 aromatic carbocycles. The van der Waals surface area contributed by atoms with Crippen LogP contribution in [-0.4, -0.2) is 38.3 Å². The van der Waals surface area contributed by atoms with E-state index < -0.39 is 18.0 Å². The van der Waals surface area contributed by atoms with Gasteiger partial charge in [-0.1, -0.05) is 0 Å². The summed E-state index contributed by atoms with van der Waals surface area (Å²) in [5.41, 5.74) is 0. The first-order chi connectivity index (χ1) is 7.99. The van der Waals surface area contributed by atoms with Gasteiger partial charge in [-0.05, 0) is 13.8 Å². The Morgan fingerprint density at radius 3 is 2.71 bits per heavy atom. The van der Waals surface area contributed by atoms with Gasteiger partial charge in [0.15, 0.2) is 0 Å². The predicted octanol–water partition coefficient (Wildman–Crippen LogP) is 0.0281. The van der Waals surface area contributed by atoms with Crippen LogP contribution in [0.25, 0.3) is 0 Å². The SMILES string of the molecule is CC(CC(=O)O)NC(=O)NC(C)c1ncn[nH]1. The fraction of sp³-hybridized carbons (Fsp3) is 0.556. The molecule has 2 amide bonds. The van der Waals surface area contributed by atoms with E-state index in [-0.39, 0.29) is 12.5 Å². The molecule has 1 heterocycles. The number of aromatic nitrogens is 3. The molecule has 0 aliphatic heterocycles. The Hall–Kier alpha value is -2.12. The van der Waals surface area contributed by atoms with E-state index >= 15 is 0 Å². The van der Waals surface area contributed by atoms with E-state index in [1.165, 1.54) is 6.33 Å². The number of nitrogens with zero attached hydrogens (tertiary/aromatic N) is 2. The van der Waals surface area contributed by atoms with Gasteiger partial charge in [0.2, 0.25) is 0 Å². The van der Waals surface area contributed by atoms with Gasteiger partial charge in [0.25, 0.3) is 0 Å². The monoisotopic (exact) mass is 241 g/mol. The van der Waals surface area contributed by atoms with Crippen molar-refractivity contribution in [3.05, 3.63) is 12.2 Å². The number of hydrogen-bond acceptors (Lipinski definition) is 4. The average molecular weight is 241 g/mol. The highest BCUT2D eigenvalue weighted by Crippen LogP contribution is 2.03. The minimum Gasteiger partial charge on any atom is -0.481 e. The molecule has 1 aromatic rings. The highest BCUT2D eigenvalue weighted by atomic mass is 16.4. The smallest absolute Gasteiger partial charge is 0.315 e. The number of carboxylic acid groups (broad SMARTS) is 1. The Morgan fingerprint density at radius 1 is 1.47 bits per heavy atom. The lowest BCUT2D eigenvalue weighted by molar-refractivity contribution is -0.137. The van der Waals surface area contributed by atoms with Crippen LogP contribution in [0.1, 0.15) is 32.1 Å². The van der Waals surface area contributed by atoms with Crippen LogP contribution in [0.3, 0.4) is 0 Å². The van der Waals surface area contributed by atoms with Crippen molar-refractivity contribution >= 4 is 12.0 Å². The maximum absolute atomic E-state index is 11.5. The number of urea groups is 1. The second-order valence-corrected chi connectivity index (χ2v) is 3.71. The zero-order chi connectivity index (χ0) is 12.8. The predicted molar refractivity (Wildman–Crippen MR) is 58.2 cm³/mol. The van der Waals surface area contributed by atoms with Crippen LogP contribution in [0.4, 0.5) is 4.79 Å². The van der Waals surface area contributed by atoms with E-state index in [2.05, 4.69) is 25.8 Å². The lowest BCUT2D eigenvalue weighted by Gasteiger charge is -2.15. The lowest BCUT2D eigenvalue weighted by Crippen LogP contribution is -2.42. The molecule has 1 aromatic heterocycles. The molecule has 0 aliphatic rings. The molecule has 0 fully saturated rings. The summed E-state index contributed by atoms with van der Waals surface area (Å²) in [4.78, 5) is 25.8. The Kier molecular flexibility index (Phi) is 4.44. The van der Waals surface area contributed by atoms with Crippen molar-refractivity contribution in [1.29, 1.82) is 0 Å². The molecule has 0 bridgehead atoms. The summed E-state index contributed by atoms with van der Waals surface area (Å²) < 4.78 is 0. The number of nitrogens with one attached hydrogen (secondary N) is 3. The standard InChI is InChI=1S/C9H15N5O3/c1-5(3-7(15)16)12-9(17)13-6(2)8-10-4-11-14-8/h4-6H,3H2,1-2H3,(H,15,16)(H,10,11,14)(H2,12,13,17). The number of hydrogen-bond donors (Lipinski definition) is 4. The first kappa shape index (κ1) is 12.9. The summed E-state index contributed by atoms with van der Waals surface area (Å²) in [6.07, 6.45) is 1.22. The molecule has 8 heteroatoms. The lowest BCUT2D eigenvalue weighted by atomic mass is 10.2. The molecule has 17 heavy (non-hydrogen) atoms. The quantitative estimate of drug-likeness (QED) is 0.579. The normalized spacial score (nSPS) is 13.8. The van der Waals surface area contributed by atoms with Gasteiger partial charge in [0.05, 0.1) is 12.5 Å². The van der Waals surface area contributed by atoms with Crippen LogP contribution in [0.5, 0.6) is 0 Å². The summed E-state index contributed by atoms with van der Waals surface area (Å²) in [7, 11) is 0. The van der Waals surface area contributed by atoms with Crippen LogP contribution < -0.4 is 10.6 Å². The van der Waals surface area contributed by atoms with Crippen LogP contribution in [0, 0.1) is 0 Å². The molecule has 4 N–H and O–H groups in total. The molecule has 0 saturated carbocycles. The summed E-state index contributed by atoms with van der Waals surface area (Å²) in [6, 6.07) is -1.20. The van der Waals surface area contributed by atoms with Gasteiger partial charge in [-0.3, -0.25) is 9.89 Å². The number of aliphatic carboxylic acids is 1. The third kappa shape index (κ3) is 4.49. The van der Waals surface area contributed by atoms with Crippen molar-refractivity contribution in [2.45, 2.75) is 32.4 Å². The van der Waals surface area contributed by atoms with E-state index in [4.69, 9.17) is 5.11 Å². The maximum atomic E-state index is 11.5. The van der Waals surface area contributed by atoms with Crippen LogP contribution in [0.15, 0.2) is 6.33 Å². The molecule has 8 nitrogen and oxygen atoms in total. The Labute approximate surface area is 97.8 Å². The van der Waals surface area contributed by atoms with Gasteiger partial charge in [-0.2, -0.15) is 5.10 Å². The van der Waals surface area contributed by atoms with Crippen molar-refractivity contribution in [2.24, 2.45) is 0 Å². The molecule has 0 saturated heterocycles. The summed E-state index contributed by atoms with van der Waals surface area (Å²) >= 11 is 0. The second kappa shape index (κ2) is 5.83. The molecule has 2 unspecified atom stereocenters. The number of carbonyl (C=O) groups excluding carboxylic acids is 1. The molecule has 94 valence electrons. The Balaban J connectivity index is 2.37. The molecular formula is C9H15N5O3. The zero-order valence-corrected chi connectivity index (χ0v) is 9.60. The van der Waals surface area contributed by atoms with E-state index in [0.29, 0.717) is 5.82 Å². The van der Waals surface area contributed by atoms with Crippen molar-refractivity contribution in [3.63, 3.8) is 0 Å². The van der Waals surface area contributed by atoms with Crippen LogP contribution in [0.2, 0.25) is 0 Å². The minimum absolute atomic E-state index is 0.121. The van der Waals surface area contributed by atoms with Gasteiger partial charge < -0.3 is 15.7 Å². The number of rotatable bonds is 5. The molecule has 1 rings (SSSR count). The molecular weight excluding hydrogens is 226 g/mol. The van der Waals surface area contributed by atoms with E-state index in [9.17, 15) is 9.59 Å². The van der Waals surface area contributed by atoms with E-state index in [1.54, 1.807) is 13.8 Å². The second-order valence-electron chi connectivity index (χ2n) is 3.71. The fourth-order valence-electron chi connectivity index (χ4n) is 1.27. The number of carboxylic acids is 1. The highest BCUT2D eigenvalue weighted by Gasteiger charge is 2.14. The highest BCUT2D eigenvalue weighted by molar-refractivity contribution is 5.75. The Bertz CT molecular complexity index is 378. The van der Waals surface area contributed by atoms with E-state index in [0.717, 1.165) is 0 Å². The van der Waals surface area contributed by atoms with Crippen molar-refractivity contribution in [3.8, 4) is 0 Å². The summed E-state index contributed by atoms with van der Waals surface area (Å²) in [6.45, 7) is 3.36. The molecule has 0 spiro atoms. The summed E-state index contributed by atoms with van der Waals surface area (Å²) in [5, 5.41) is 20.0. The molecule has 2 atom stereocenters. The van der Waals surface area contributed by atoms with Gasteiger partial charge in [0.1, 0.15) is 12.2 Å². The van der Waals surface area contributed by atoms with Gasteiger partial charge in [-0.15, -0.1) is 0 Å². The van der Waals surface area contributed by atoms with Crippen molar-refractivity contribution < 1.29 is 14.7 Å². The van der Waals surface area contributed by atoms with Crippen LogP contribution >= 0.6 is 0 Å². The number of amides is 2. The van der Waals surface area contributed by atoms with Crippen molar-refractivity contribution in [1.82, 2.24) is 25.8 Å². The van der Waals surface area contributed by atoms with Gasteiger partial charge >= 0.3 is 12.0 Å². The maximum Gasteiger partial charge on any atom is 0.315 e. The van der Waals surface area contributed by atoms with E-state index in [1.807, 2.05) is 0 Å². The Morgan fingerprint density at radius 2 is 2.18 bits per heavy atom. The topological polar surface area (TPSA) is 120 Å². The number of H-pyrrole nitrogens is 1. The third-order valence-electron chi connectivity index (χ3n) is 2.05. The largest absolute Gasteiger partial charge is 0.481 e. The summed E-state index contributed by atoms with van der Waals surface area (Å²) in [5.74, 6) is -0.424. The molecule has 0 radical (unpaired) electrons. The first-order valence-electron chi connectivity index (χ1n) is 5.13.